The van der Waals surface area contributed by atoms with Crippen molar-refractivity contribution in [3.05, 3.63) is 64.2 Å². The van der Waals surface area contributed by atoms with Crippen molar-refractivity contribution in [1.29, 1.82) is 0 Å². The lowest BCUT2D eigenvalue weighted by Crippen LogP contribution is -2.27. The molecule has 14 heteroatoms. The quantitative estimate of drug-likeness (QED) is 0.262. The SMILES string of the molecule is Cc1ccc(S(=O)(=O)OCCn2cc(CNC(=O)Cn3ccnc3[N+](=O)[O-])nn2)cc1. The summed E-state index contributed by atoms with van der Waals surface area (Å²) in [6.45, 7) is 1.62. The van der Waals surface area contributed by atoms with Crippen molar-refractivity contribution in [2.24, 2.45) is 0 Å². The van der Waals surface area contributed by atoms with Gasteiger partial charge in [-0.15, -0.1) is 5.10 Å². The largest absolute Gasteiger partial charge is 0.435 e. The highest BCUT2D eigenvalue weighted by atomic mass is 32.2. The van der Waals surface area contributed by atoms with Crippen LogP contribution >= 0.6 is 0 Å². The van der Waals surface area contributed by atoms with E-state index in [1.807, 2.05) is 6.92 Å². The van der Waals surface area contributed by atoms with E-state index in [0.717, 1.165) is 10.1 Å². The third-order valence-corrected chi connectivity index (χ3v) is 5.42. The van der Waals surface area contributed by atoms with Gasteiger partial charge in [0.05, 0.1) is 30.8 Å². The van der Waals surface area contributed by atoms with Gasteiger partial charge < -0.3 is 15.4 Å². The molecule has 3 aromatic rings. The van der Waals surface area contributed by atoms with Crippen LogP contribution in [0.3, 0.4) is 0 Å². The Kier molecular flexibility index (Phi) is 6.71. The monoisotopic (exact) mass is 449 g/mol. The van der Waals surface area contributed by atoms with Gasteiger partial charge >= 0.3 is 5.95 Å². The van der Waals surface area contributed by atoms with Crippen LogP contribution in [0.5, 0.6) is 0 Å². The highest BCUT2D eigenvalue weighted by Gasteiger charge is 2.17. The van der Waals surface area contributed by atoms with Gasteiger partial charge in [0, 0.05) is 0 Å². The maximum atomic E-state index is 12.1. The summed E-state index contributed by atoms with van der Waals surface area (Å²) in [5, 5.41) is 21.1. The van der Waals surface area contributed by atoms with Crippen LogP contribution in [0.1, 0.15) is 11.3 Å². The van der Waals surface area contributed by atoms with Gasteiger partial charge in [0.25, 0.3) is 16.0 Å². The predicted molar refractivity (Wildman–Crippen MR) is 105 cm³/mol. The molecule has 1 N–H and O–H groups in total. The van der Waals surface area contributed by atoms with E-state index in [-0.39, 0.29) is 31.1 Å². The number of benzene rings is 1. The molecule has 0 atom stereocenters. The van der Waals surface area contributed by atoms with Crippen LogP contribution in [0.4, 0.5) is 5.95 Å². The summed E-state index contributed by atoms with van der Waals surface area (Å²) < 4.78 is 31.8. The Morgan fingerprint density at radius 3 is 2.74 bits per heavy atom. The van der Waals surface area contributed by atoms with Crippen molar-refractivity contribution in [3.8, 4) is 0 Å². The maximum absolute atomic E-state index is 12.1. The number of imidazole rings is 1. The number of nitrogens with zero attached hydrogens (tertiary/aromatic N) is 6. The molecule has 13 nitrogen and oxygen atoms in total. The number of rotatable bonds is 10. The minimum atomic E-state index is -3.87. The number of aromatic nitrogens is 5. The van der Waals surface area contributed by atoms with Gasteiger partial charge in [-0.1, -0.05) is 27.9 Å². The van der Waals surface area contributed by atoms with E-state index in [2.05, 4.69) is 20.6 Å². The number of aryl methyl sites for hydroxylation is 1. The molecule has 1 aromatic carbocycles. The van der Waals surface area contributed by atoms with Gasteiger partial charge in [-0.2, -0.15) is 8.42 Å². The zero-order valence-corrected chi connectivity index (χ0v) is 17.2. The second kappa shape index (κ2) is 9.44. The minimum absolute atomic E-state index is 0.0455. The van der Waals surface area contributed by atoms with Crippen LogP contribution in [0.25, 0.3) is 0 Å². The van der Waals surface area contributed by atoms with Gasteiger partial charge in [-0.05, 0) is 24.0 Å². The van der Waals surface area contributed by atoms with Crippen LogP contribution in [-0.2, 0) is 38.7 Å². The van der Waals surface area contributed by atoms with Crippen LogP contribution in [0, 0.1) is 17.0 Å². The van der Waals surface area contributed by atoms with Crippen molar-refractivity contribution in [2.45, 2.75) is 31.5 Å². The number of hydrogen-bond acceptors (Lipinski definition) is 9. The van der Waals surface area contributed by atoms with E-state index >= 15 is 0 Å². The molecule has 0 spiro atoms. The van der Waals surface area contributed by atoms with E-state index in [0.29, 0.717) is 5.69 Å². The fourth-order valence-electron chi connectivity index (χ4n) is 2.54. The molecule has 0 unspecified atom stereocenters. The molecule has 31 heavy (non-hydrogen) atoms. The summed E-state index contributed by atoms with van der Waals surface area (Å²) in [5.41, 5.74) is 1.36. The molecule has 0 bridgehead atoms. The molecule has 0 radical (unpaired) electrons. The van der Waals surface area contributed by atoms with Crippen LogP contribution in [0.15, 0.2) is 47.8 Å². The lowest BCUT2D eigenvalue weighted by atomic mass is 10.2. The molecular weight excluding hydrogens is 430 g/mol. The average molecular weight is 449 g/mol. The Labute approximate surface area is 176 Å². The van der Waals surface area contributed by atoms with E-state index in [9.17, 15) is 23.3 Å². The molecule has 0 fully saturated rings. The average Bonchev–Trinajstić information content (AvgIpc) is 3.36. The van der Waals surface area contributed by atoms with Gasteiger partial charge in [-0.3, -0.25) is 8.98 Å². The van der Waals surface area contributed by atoms with Crippen molar-refractivity contribution in [2.75, 3.05) is 6.61 Å². The standard InChI is InChI=1S/C17H19N7O6S/c1-13-2-4-15(5-3-13)31(28,29)30-9-8-23-11-14(20-21-23)10-19-16(25)12-22-7-6-18-17(22)24(26)27/h2-7,11H,8-10,12H2,1H3,(H,19,25). The highest BCUT2D eigenvalue weighted by Crippen LogP contribution is 2.13. The fraction of sp³-hybridized carbons (Fsp3) is 0.294. The summed E-state index contributed by atoms with van der Waals surface area (Å²) in [7, 11) is -3.87. The molecule has 2 heterocycles. The minimum Gasteiger partial charge on any atom is -0.390 e. The summed E-state index contributed by atoms with van der Waals surface area (Å²) in [6, 6.07) is 6.30. The van der Waals surface area contributed by atoms with Crippen LogP contribution in [-0.4, -0.2) is 50.4 Å². The second-order valence-corrected chi connectivity index (χ2v) is 8.07. The van der Waals surface area contributed by atoms with Gasteiger partial charge in [0.15, 0.2) is 6.54 Å². The van der Waals surface area contributed by atoms with Crippen molar-refractivity contribution in [1.82, 2.24) is 29.9 Å². The topological polar surface area (TPSA) is 164 Å². The number of nitro groups is 1. The summed E-state index contributed by atoms with van der Waals surface area (Å²) in [4.78, 5) is 25.7. The summed E-state index contributed by atoms with van der Waals surface area (Å²) in [6.07, 6.45) is 4.10. The first kappa shape index (κ1) is 22.0. The first-order valence-corrected chi connectivity index (χ1v) is 10.4. The lowest BCUT2D eigenvalue weighted by molar-refractivity contribution is -0.396. The molecule has 0 aliphatic heterocycles. The summed E-state index contributed by atoms with van der Waals surface area (Å²) in [5.74, 6) is -0.898. The molecule has 0 aliphatic rings. The zero-order valence-electron chi connectivity index (χ0n) is 16.4. The van der Waals surface area contributed by atoms with E-state index in [1.54, 1.807) is 12.1 Å². The van der Waals surface area contributed by atoms with Crippen LogP contribution < -0.4 is 5.32 Å². The van der Waals surface area contributed by atoms with Gasteiger partial charge in [-0.25, -0.2) is 9.25 Å². The maximum Gasteiger partial charge on any atom is 0.435 e. The molecule has 164 valence electrons. The molecule has 3 rings (SSSR count). The molecule has 0 aliphatic carbocycles. The Hall–Kier alpha value is -3.65. The first-order chi connectivity index (χ1) is 14.7. The smallest absolute Gasteiger partial charge is 0.390 e. The Bertz CT molecular complexity index is 1170. The Morgan fingerprint density at radius 1 is 1.29 bits per heavy atom. The van der Waals surface area contributed by atoms with Gasteiger partial charge in [0.2, 0.25) is 0 Å². The lowest BCUT2D eigenvalue weighted by Gasteiger charge is -2.06. The molecular formula is C17H19N7O6S. The first-order valence-electron chi connectivity index (χ1n) is 9.02. The Morgan fingerprint density at radius 2 is 2.03 bits per heavy atom. The zero-order chi connectivity index (χ0) is 22.4. The number of nitrogens with one attached hydrogen (secondary N) is 1. The predicted octanol–water partition coefficient (Wildman–Crippen LogP) is 0.413. The normalized spacial score (nSPS) is 11.4. The number of carbonyl (C=O) groups excluding carboxylic acids is 1. The Balaban J connectivity index is 1.46. The molecule has 0 saturated carbocycles. The number of hydrogen-bond donors (Lipinski definition) is 1. The van der Waals surface area contributed by atoms with Crippen LogP contribution in [0.2, 0.25) is 0 Å². The van der Waals surface area contributed by atoms with E-state index in [4.69, 9.17) is 4.18 Å². The third kappa shape index (κ3) is 5.93. The van der Waals surface area contributed by atoms with E-state index < -0.39 is 26.9 Å². The third-order valence-electron chi connectivity index (χ3n) is 4.09. The molecule has 2 aromatic heterocycles. The van der Waals surface area contributed by atoms with Crippen molar-refractivity contribution in [3.63, 3.8) is 0 Å². The molecule has 1 amide bonds. The number of carbonyl (C=O) groups is 1. The number of amides is 1. The molecule has 0 saturated heterocycles. The summed E-state index contributed by atoms with van der Waals surface area (Å²) >= 11 is 0. The fourth-order valence-corrected chi connectivity index (χ4v) is 3.44. The van der Waals surface area contributed by atoms with Crippen molar-refractivity contribution < 1.29 is 22.3 Å². The second-order valence-electron chi connectivity index (χ2n) is 6.45. The van der Waals surface area contributed by atoms with E-state index in [1.165, 1.54) is 35.4 Å². The highest BCUT2D eigenvalue weighted by molar-refractivity contribution is 7.86. The van der Waals surface area contributed by atoms with Gasteiger partial charge in [0.1, 0.15) is 18.1 Å². The van der Waals surface area contributed by atoms with Crippen molar-refractivity contribution >= 4 is 22.0 Å².